The number of carboxylic acids is 1. The molecule has 0 atom stereocenters. The number of carbonyl (C=O) groups is 1. The van der Waals surface area contributed by atoms with Crippen LogP contribution in [0.3, 0.4) is 0 Å². The third-order valence-electron chi connectivity index (χ3n) is 5.76. The number of nitrogens with zero attached hydrogens (tertiary/aromatic N) is 1. The first-order chi connectivity index (χ1) is 14.4. The summed E-state index contributed by atoms with van der Waals surface area (Å²) in [6.45, 7) is 6.31. The Morgan fingerprint density at radius 1 is 1.13 bits per heavy atom. The van der Waals surface area contributed by atoms with Crippen molar-refractivity contribution in [3.05, 3.63) is 80.8 Å². The lowest BCUT2D eigenvalue weighted by molar-refractivity contribution is -0.136. The fraction of sp³-hybridized carbons (Fsp3) is 0.280. The van der Waals surface area contributed by atoms with Crippen LogP contribution < -0.4 is 10.3 Å². The molecular weight excluding hydrogens is 378 g/mol. The van der Waals surface area contributed by atoms with Gasteiger partial charge in [0.2, 0.25) is 0 Å². The molecule has 3 aromatic rings. The maximum absolute atomic E-state index is 13.3. The average Bonchev–Trinajstić information content (AvgIpc) is 2.71. The van der Waals surface area contributed by atoms with E-state index in [1.54, 1.807) is 11.5 Å². The zero-order chi connectivity index (χ0) is 21.4. The molecule has 4 rings (SSSR count). The van der Waals surface area contributed by atoms with Crippen molar-refractivity contribution in [1.82, 2.24) is 4.57 Å². The Labute approximate surface area is 175 Å². The molecule has 1 N–H and O–H groups in total. The molecule has 0 saturated heterocycles. The lowest BCUT2D eigenvalue weighted by Crippen LogP contribution is -2.26. The Balaban J connectivity index is 2.02. The monoisotopic (exact) mass is 403 g/mol. The summed E-state index contributed by atoms with van der Waals surface area (Å²) in [7, 11) is 0. The molecule has 0 radical (unpaired) electrons. The van der Waals surface area contributed by atoms with E-state index >= 15 is 0 Å². The van der Waals surface area contributed by atoms with Crippen LogP contribution in [0.2, 0.25) is 0 Å². The second-order valence-electron chi connectivity index (χ2n) is 7.89. The first-order valence-corrected chi connectivity index (χ1v) is 10.2. The van der Waals surface area contributed by atoms with Gasteiger partial charge in [0.15, 0.2) is 0 Å². The van der Waals surface area contributed by atoms with Crippen molar-refractivity contribution in [2.24, 2.45) is 0 Å². The maximum atomic E-state index is 13.3. The van der Waals surface area contributed by atoms with Gasteiger partial charge in [-0.25, -0.2) is 0 Å². The van der Waals surface area contributed by atoms with Gasteiger partial charge in [0, 0.05) is 22.5 Å². The molecular formula is C25H25NO4. The Hall–Kier alpha value is -3.34. The van der Waals surface area contributed by atoms with Gasteiger partial charge in [-0.15, -0.1) is 0 Å². The number of aromatic nitrogens is 1. The Morgan fingerprint density at radius 3 is 2.67 bits per heavy atom. The molecule has 30 heavy (non-hydrogen) atoms. The number of aliphatic carboxylic acids is 1. The first-order valence-electron chi connectivity index (χ1n) is 10.2. The largest absolute Gasteiger partial charge is 0.493 e. The van der Waals surface area contributed by atoms with Crippen molar-refractivity contribution in [1.29, 1.82) is 0 Å². The van der Waals surface area contributed by atoms with Crippen molar-refractivity contribution in [2.75, 3.05) is 6.61 Å². The first kappa shape index (κ1) is 20.0. The van der Waals surface area contributed by atoms with Gasteiger partial charge in [-0.2, -0.15) is 0 Å². The predicted octanol–water partition coefficient (Wildman–Crippen LogP) is 4.38. The molecule has 2 aromatic carbocycles. The number of aryl methyl sites for hydroxylation is 2. The van der Waals surface area contributed by atoms with Crippen molar-refractivity contribution in [2.45, 2.75) is 40.0 Å². The highest BCUT2D eigenvalue weighted by Gasteiger charge is 2.22. The summed E-state index contributed by atoms with van der Waals surface area (Å²) >= 11 is 0. The minimum atomic E-state index is -0.951. The lowest BCUT2D eigenvalue weighted by atomic mass is 9.91. The number of carboxylic acid groups (broad SMARTS) is 1. The molecule has 0 unspecified atom stereocenters. The molecule has 0 bridgehead atoms. The van der Waals surface area contributed by atoms with Crippen molar-refractivity contribution < 1.29 is 14.6 Å². The zero-order valence-corrected chi connectivity index (χ0v) is 17.5. The Morgan fingerprint density at radius 2 is 1.93 bits per heavy atom. The molecule has 154 valence electrons. The van der Waals surface area contributed by atoms with Gasteiger partial charge in [0.25, 0.3) is 5.56 Å². The van der Waals surface area contributed by atoms with Crippen LogP contribution >= 0.6 is 0 Å². The number of hydrogen-bond acceptors (Lipinski definition) is 3. The normalized spacial score (nSPS) is 12.9. The van der Waals surface area contributed by atoms with Crippen LogP contribution in [-0.4, -0.2) is 22.2 Å². The average molecular weight is 403 g/mol. The van der Waals surface area contributed by atoms with Crippen LogP contribution in [0, 0.1) is 20.8 Å². The maximum Gasteiger partial charge on any atom is 0.307 e. The molecule has 5 heteroatoms. The summed E-state index contributed by atoms with van der Waals surface area (Å²) in [4.78, 5) is 24.9. The predicted molar refractivity (Wildman–Crippen MR) is 117 cm³/mol. The highest BCUT2D eigenvalue weighted by Crippen LogP contribution is 2.35. The molecule has 1 aromatic heterocycles. The van der Waals surface area contributed by atoms with E-state index in [0.29, 0.717) is 17.7 Å². The van der Waals surface area contributed by atoms with E-state index in [2.05, 4.69) is 6.07 Å². The zero-order valence-electron chi connectivity index (χ0n) is 17.5. The quantitative estimate of drug-likeness (QED) is 0.702. The number of fused-ring (bicyclic) bond motifs is 1. The van der Waals surface area contributed by atoms with E-state index in [4.69, 9.17) is 4.74 Å². The van der Waals surface area contributed by atoms with Gasteiger partial charge in [0.1, 0.15) is 5.75 Å². The number of pyridine rings is 1. The number of rotatable bonds is 4. The van der Waals surface area contributed by atoms with Gasteiger partial charge in [-0.3, -0.25) is 14.2 Å². The number of hydrogen-bond donors (Lipinski definition) is 1. The molecule has 0 amide bonds. The topological polar surface area (TPSA) is 68.5 Å². The summed E-state index contributed by atoms with van der Waals surface area (Å²) in [6, 6.07) is 13.8. The fourth-order valence-corrected chi connectivity index (χ4v) is 4.32. The van der Waals surface area contributed by atoms with Gasteiger partial charge in [0.05, 0.1) is 13.0 Å². The molecule has 1 aliphatic heterocycles. The summed E-state index contributed by atoms with van der Waals surface area (Å²) in [6.07, 6.45) is 1.69. The Bertz CT molecular complexity index is 1210. The number of ether oxygens (including phenoxy) is 1. The fourth-order valence-electron chi connectivity index (χ4n) is 4.32. The van der Waals surface area contributed by atoms with Crippen LogP contribution in [-0.2, 0) is 17.6 Å². The van der Waals surface area contributed by atoms with Gasteiger partial charge in [-0.05, 0) is 80.1 Å². The summed E-state index contributed by atoms with van der Waals surface area (Å²) in [5, 5.41) is 9.53. The van der Waals surface area contributed by atoms with Crippen LogP contribution in [0.4, 0.5) is 0 Å². The van der Waals surface area contributed by atoms with Gasteiger partial charge in [-0.1, -0.05) is 18.2 Å². The van der Waals surface area contributed by atoms with Crippen LogP contribution in [0.25, 0.3) is 16.8 Å². The second kappa shape index (κ2) is 7.82. The Kier molecular flexibility index (Phi) is 5.20. The molecule has 2 heterocycles. The minimum Gasteiger partial charge on any atom is -0.493 e. The number of benzene rings is 2. The van der Waals surface area contributed by atoms with Crippen LogP contribution in [0.5, 0.6) is 5.75 Å². The van der Waals surface area contributed by atoms with Gasteiger partial charge < -0.3 is 9.84 Å². The van der Waals surface area contributed by atoms with E-state index in [0.717, 1.165) is 52.2 Å². The van der Waals surface area contributed by atoms with E-state index in [1.807, 2.05) is 50.2 Å². The van der Waals surface area contributed by atoms with E-state index in [-0.39, 0.29) is 12.0 Å². The highest BCUT2D eigenvalue weighted by molar-refractivity contribution is 5.79. The minimum absolute atomic E-state index is 0.181. The highest BCUT2D eigenvalue weighted by atomic mass is 16.5. The summed E-state index contributed by atoms with van der Waals surface area (Å²) in [5.74, 6) is -0.0704. The summed E-state index contributed by atoms with van der Waals surface area (Å²) in [5.41, 5.74) is 6.28. The van der Waals surface area contributed by atoms with E-state index in [1.165, 1.54) is 0 Å². The molecule has 0 fully saturated rings. The molecule has 1 aliphatic rings. The van der Waals surface area contributed by atoms with E-state index < -0.39 is 5.97 Å². The molecule has 0 aliphatic carbocycles. The van der Waals surface area contributed by atoms with Crippen molar-refractivity contribution in [3.63, 3.8) is 0 Å². The molecule has 5 nitrogen and oxygen atoms in total. The van der Waals surface area contributed by atoms with Crippen molar-refractivity contribution in [3.8, 4) is 22.6 Å². The SMILES string of the molecule is Cc1cccc(-n2c(C)c(-c3ccc4c(c3)CCCO4)c(CC(=O)O)c(C)c2=O)c1. The second-order valence-corrected chi connectivity index (χ2v) is 7.89. The van der Waals surface area contributed by atoms with Crippen molar-refractivity contribution >= 4 is 5.97 Å². The standard InChI is InChI=1S/C25H25NO4/c1-15-6-4-8-20(12-15)26-17(3)24(21(14-23(27)28)16(2)25(26)29)19-9-10-22-18(13-19)7-5-11-30-22/h4,6,8-10,12-13H,5,7,11,14H2,1-3H3,(H,27,28). The third-order valence-corrected chi connectivity index (χ3v) is 5.76. The van der Waals surface area contributed by atoms with Gasteiger partial charge >= 0.3 is 5.97 Å². The lowest BCUT2D eigenvalue weighted by Gasteiger charge is -2.22. The summed E-state index contributed by atoms with van der Waals surface area (Å²) < 4.78 is 7.43. The van der Waals surface area contributed by atoms with Crippen LogP contribution in [0.1, 0.15) is 34.4 Å². The smallest absolute Gasteiger partial charge is 0.307 e. The van der Waals surface area contributed by atoms with E-state index in [9.17, 15) is 14.7 Å². The molecule has 0 saturated carbocycles. The molecule has 0 spiro atoms. The third kappa shape index (κ3) is 3.52. The van der Waals surface area contributed by atoms with Crippen LogP contribution in [0.15, 0.2) is 47.3 Å².